The molecule has 1 aromatic carbocycles. The molecule has 0 bridgehead atoms. The molecule has 0 saturated carbocycles. The Morgan fingerprint density at radius 3 is 2.74 bits per heavy atom. The number of hydrogen-bond donors (Lipinski definition) is 1. The maximum atomic E-state index is 12.6. The van der Waals surface area contributed by atoms with Gasteiger partial charge in [0, 0.05) is 24.2 Å². The first-order valence-corrected chi connectivity index (χ1v) is 7.85. The highest BCUT2D eigenvalue weighted by Gasteiger charge is 2.26. The van der Waals surface area contributed by atoms with Gasteiger partial charge in [0.2, 0.25) is 0 Å². The first-order chi connectivity index (χ1) is 11.2. The predicted molar refractivity (Wildman–Crippen MR) is 89.8 cm³/mol. The largest absolute Gasteiger partial charge is 0.387 e. The van der Waals surface area contributed by atoms with E-state index in [9.17, 15) is 4.79 Å². The molecule has 1 fully saturated rings. The summed E-state index contributed by atoms with van der Waals surface area (Å²) in [6, 6.07) is 10.8. The summed E-state index contributed by atoms with van der Waals surface area (Å²) in [5, 5.41) is 3.65. The van der Waals surface area contributed by atoms with Crippen molar-refractivity contribution in [1.29, 1.82) is 0 Å². The second-order valence-electron chi connectivity index (χ2n) is 5.34. The lowest BCUT2D eigenvalue weighted by atomic mass is 10.1. The van der Waals surface area contributed by atoms with Crippen molar-refractivity contribution in [1.82, 2.24) is 9.88 Å². The summed E-state index contributed by atoms with van der Waals surface area (Å²) < 4.78 is 5.77. The number of carbonyl (C=O) groups excluding carboxylic acids is 1. The average molecular weight is 332 g/mol. The Morgan fingerprint density at radius 2 is 2.09 bits per heavy atom. The zero-order valence-electron chi connectivity index (χ0n) is 12.8. The van der Waals surface area contributed by atoms with Gasteiger partial charge in [-0.3, -0.25) is 9.78 Å². The van der Waals surface area contributed by atoms with Crippen LogP contribution < -0.4 is 5.32 Å². The summed E-state index contributed by atoms with van der Waals surface area (Å²) in [7, 11) is 1.85. The molecule has 1 N–H and O–H groups in total. The SMILES string of the molecule is CNc1ccc([C@H]2CN(C(=O)c3ccc(Cl)cc3)CCO2)nc1. The number of morpholine rings is 1. The average Bonchev–Trinajstić information content (AvgIpc) is 2.62. The van der Waals surface area contributed by atoms with Crippen molar-refractivity contribution in [2.24, 2.45) is 0 Å². The highest BCUT2D eigenvalue weighted by molar-refractivity contribution is 6.30. The van der Waals surface area contributed by atoms with Gasteiger partial charge in [0.15, 0.2) is 0 Å². The first kappa shape index (κ1) is 15.8. The quantitative estimate of drug-likeness (QED) is 0.939. The summed E-state index contributed by atoms with van der Waals surface area (Å²) in [6.45, 7) is 1.57. The minimum Gasteiger partial charge on any atom is -0.387 e. The van der Waals surface area contributed by atoms with Crippen molar-refractivity contribution in [3.63, 3.8) is 0 Å². The Bertz CT molecular complexity index is 673. The third-order valence-corrected chi connectivity index (χ3v) is 4.10. The van der Waals surface area contributed by atoms with Gasteiger partial charge in [-0.15, -0.1) is 0 Å². The molecule has 5 nitrogen and oxygen atoms in total. The number of rotatable bonds is 3. The third-order valence-electron chi connectivity index (χ3n) is 3.85. The molecule has 1 amide bonds. The first-order valence-electron chi connectivity index (χ1n) is 7.47. The van der Waals surface area contributed by atoms with Crippen LogP contribution in [0.25, 0.3) is 0 Å². The molecule has 2 heterocycles. The van der Waals surface area contributed by atoms with Crippen molar-refractivity contribution in [2.45, 2.75) is 6.10 Å². The van der Waals surface area contributed by atoms with E-state index in [0.717, 1.165) is 11.4 Å². The van der Waals surface area contributed by atoms with Gasteiger partial charge in [0.25, 0.3) is 5.91 Å². The van der Waals surface area contributed by atoms with E-state index < -0.39 is 0 Å². The Balaban J connectivity index is 1.72. The summed E-state index contributed by atoms with van der Waals surface area (Å²) >= 11 is 5.87. The van der Waals surface area contributed by atoms with Gasteiger partial charge >= 0.3 is 0 Å². The fraction of sp³-hybridized carbons (Fsp3) is 0.294. The molecule has 3 rings (SSSR count). The molecule has 120 valence electrons. The lowest BCUT2D eigenvalue weighted by molar-refractivity contribution is -0.0247. The molecule has 6 heteroatoms. The van der Waals surface area contributed by atoms with E-state index in [0.29, 0.717) is 30.3 Å². The van der Waals surface area contributed by atoms with Crippen LogP contribution in [0.5, 0.6) is 0 Å². The van der Waals surface area contributed by atoms with Crippen LogP contribution in [0.1, 0.15) is 22.2 Å². The Morgan fingerprint density at radius 1 is 1.30 bits per heavy atom. The molecule has 0 radical (unpaired) electrons. The van der Waals surface area contributed by atoms with Gasteiger partial charge in [-0.05, 0) is 36.4 Å². The molecule has 23 heavy (non-hydrogen) atoms. The number of nitrogens with one attached hydrogen (secondary N) is 1. The summed E-state index contributed by atoms with van der Waals surface area (Å²) in [6.07, 6.45) is 1.56. The molecule has 2 aromatic rings. The second-order valence-corrected chi connectivity index (χ2v) is 5.78. The molecule has 1 atom stereocenters. The van der Waals surface area contributed by atoms with Crippen LogP contribution in [-0.4, -0.2) is 42.5 Å². The van der Waals surface area contributed by atoms with Crippen molar-refractivity contribution >= 4 is 23.2 Å². The maximum absolute atomic E-state index is 12.6. The monoisotopic (exact) mass is 331 g/mol. The number of nitrogens with zero attached hydrogens (tertiary/aromatic N) is 2. The molecule has 1 saturated heterocycles. The number of hydrogen-bond acceptors (Lipinski definition) is 4. The fourth-order valence-corrected chi connectivity index (χ4v) is 2.66. The van der Waals surface area contributed by atoms with Gasteiger partial charge in [-0.2, -0.15) is 0 Å². The van der Waals surface area contributed by atoms with Crippen molar-refractivity contribution in [3.8, 4) is 0 Å². The highest BCUT2D eigenvalue weighted by atomic mass is 35.5. The van der Waals surface area contributed by atoms with Gasteiger partial charge < -0.3 is 15.0 Å². The van der Waals surface area contributed by atoms with Crippen LogP contribution in [0.2, 0.25) is 5.02 Å². The zero-order chi connectivity index (χ0) is 16.2. The highest BCUT2D eigenvalue weighted by Crippen LogP contribution is 2.23. The van der Waals surface area contributed by atoms with E-state index in [-0.39, 0.29) is 12.0 Å². The number of aromatic nitrogens is 1. The number of halogens is 1. The van der Waals surface area contributed by atoms with Crippen LogP contribution in [-0.2, 0) is 4.74 Å². The second kappa shape index (κ2) is 6.98. The molecule has 1 aromatic heterocycles. The fourth-order valence-electron chi connectivity index (χ4n) is 2.53. The standard InChI is InChI=1S/C17H18ClN3O2/c1-19-14-6-7-15(20-10-14)16-11-21(8-9-23-16)17(22)12-2-4-13(18)5-3-12/h2-7,10,16,19H,8-9,11H2,1H3/t16-/m1/s1. The van der Waals surface area contributed by atoms with Crippen LogP contribution >= 0.6 is 11.6 Å². The number of anilines is 1. The Labute approximate surface area is 140 Å². The topological polar surface area (TPSA) is 54.5 Å². The number of pyridine rings is 1. The normalized spacial score (nSPS) is 17.8. The Kier molecular flexibility index (Phi) is 4.79. The minimum atomic E-state index is -0.203. The Hall–Kier alpha value is -2.11. The molecule has 1 aliphatic rings. The van der Waals surface area contributed by atoms with Crippen LogP contribution in [0, 0.1) is 0 Å². The number of benzene rings is 1. The van der Waals surface area contributed by atoms with Crippen LogP contribution in [0.4, 0.5) is 5.69 Å². The number of carbonyl (C=O) groups is 1. The van der Waals surface area contributed by atoms with E-state index in [2.05, 4.69) is 10.3 Å². The molecule has 0 unspecified atom stereocenters. The van der Waals surface area contributed by atoms with Crippen LogP contribution in [0.3, 0.4) is 0 Å². The zero-order valence-corrected chi connectivity index (χ0v) is 13.6. The van der Waals surface area contributed by atoms with Crippen LogP contribution in [0.15, 0.2) is 42.6 Å². The lowest BCUT2D eigenvalue weighted by Crippen LogP contribution is -2.42. The number of amides is 1. The summed E-state index contributed by atoms with van der Waals surface area (Å²) in [5.41, 5.74) is 2.41. The smallest absolute Gasteiger partial charge is 0.254 e. The van der Waals surface area contributed by atoms with E-state index in [1.165, 1.54) is 0 Å². The van der Waals surface area contributed by atoms with Crippen molar-refractivity contribution < 1.29 is 9.53 Å². The van der Waals surface area contributed by atoms with Gasteiger partial charge in [-0.1, -0.05) is 11.6 Å². The van der Waals surface area contributed by atoms with E-state index in [1.54, 1.807) is 35.4 Å². The molecular formula is C17H18ClN3O2. The minimum absolute atomic E-state index is 0.0122. The van der Waals surface area contributed by atoms with Gasteiger partial charge in [0.05, 0.1) is 30.7 Å². The van der Waals surface area contributed by atoms with Gasteiger partial charge in [0.1, 0.15) is 6.10 Å². The van der Waals surface area contributed by atoms with Crippen molar-refractivity contribution in [3.05, 3.63) is 58.9 Å². The molecule has 0 spiro atoms. The molecule has 1 aliphatic heterocycles. The summed E-state index contributed by atoms with van der Waals surface area (Å²) in [5.74, 6) is -0.0122. The van der Waals surface area contributed by atoms with E-state index in [4.69, 9.17) is 16.3 Å². The molecular weight excluding hydrogens is 314 g/mol. The number of ether oxygens (including phenoxy) is 1. The maximum Gasteiger partial charge on any atom is 0.254 e. The van der Waals surface area contributed by atoms with Crippen molar-refractivity contribution in [2.75, 3.05) is 32.1 Å². The van der Waals surface area contributed by atoms with E-state index in [1.807, 2.05) is 19.2 Å². The predicted octanol–water partition coefficient (Wildman–Crippen LogP) is 2.99. The molecule has 0 aliphatic carbocycles. The third kappa shape index (κ3) is 3.63. The van der Waals surface area contributed by atoms with E-state index >= 15 is 0 Å². The van der Waals surface area contributed by atoms with Gasteiger partial charge in [-0.25, -0.2) is 0 Å². The summed E-state index contributed by atoms with van der Waals surface area (Å²) in [4.78, 5) is 18.8. The lowest BCUT2D eigenvalue weighted by Gasteiger charge is -2.32.